The third-order valence-corrected chi connectivity index (χ3v) is 2.90. The quantitative estimate of drug-likeness (QED) is 0.733. The van der Waals surface area contributed by atoms with Crippen molar-refractivity contribution in [1.82, 2.24) is 9.56 Å². The van der Waals surface area contributed by atoms with Crippen LogP contribution < -0.4 is 10.3 Å². The van der Waals surface area contributed by atoms with E-state index in [1.165, 1.54) is 10.6 Å². The van der Waals surface area contributed by atoms with E-state index >= 15 is 0 Å². The Hall–Kier alpha value is -2.56. The van der Waals surface area contributed by atoms with E-state index in [0.717, 1.165) is 11.3 Å². The molecule has 0 atom stereocenters. The molecule has 0 bridgehead atoms. The van der Waals surface area contributed by atoms with Crippen LogP contribution in [0, 0.1) is 13.8 Å². The van der Waals surface area contributed by atoms with Crippen LogP contribution in [-0.2, 0) is 6.61 Å². The van der Waals surface area contributed by atoms with Gasteiger partial charge < -0.3 is 9.26 Å². The summed E-state index contributed by atoms with van der Waals surface area (Å²) in [6.45, 7) is 4.02. The van der Waals surface area contributed by atoms with E-state index in [4.69, 9.17) is 9.26 Å². The summed E-state index contributed by atoms with van der Waals surface area (Å²) in [5.41, 5.74) is 1.96. The molecule has 0 saturated heterocycles. The highest BCUT2D eigenvalue weighted by Gasteiger charge is 2.07. The van der Waals surface area contributed by atoms with Gasteiger partial charge in [0.1, 0.15) is 18.1 Å². The maximum atomic E-state index is 11.9. The molecule has 102 valence electrons. The van der Waals surface area contributed by atoms with Gasteiger partial charge >= 0.3 is 0 Å². The SMILES string of the molecule is Cc1cccc(OCc2cc(=O)n3oc(C)cc3n2)c1. The highest BCUT2D eigenvalue weighted by molar-refractivity contribution is 5.37. The van der Waals surface area contributed by atoms with E-state index in [0.29, 0.717) is 17.1 Å². The second kappa shape index (κ2) is 4.85. The molecule has 1 aromatic carbocycles. The monoisotopic (exact) mass is 270 g/mol. The number of nitrogens with zero attached hydrogens (tertiary/aromatic N) is 2. The largest absolute Gasteiger partial charge is 0.487 e. The van der Waals surface area contributed by atoms with Crippen molar-refractivity contribution >= 4 is 5.65 Å². The molecule has 0 spiro atoms. The Morgan fingerprint density at radius 3 is 2.90 bits per heavy atom. The van der Waals surface area contributed by atoms with Crippen molar-refractivity contribution in [2.75, 3.05) is 0 Å². The van der Waals surface area contributed by atoms with Gasteiger partial charge in [-0.2, -0.15) is 0 Å². The molecule has 2 heterocycles. The maximum Gasteiger partial charge on any atom is 0.287 e. The fraction of sp³-hybridized carbons (Fsp3) is 0.200. The summed E-state index contributed by atoms with van der Waals surface area (Å²) < 4.78 is 12.0. The lowest BCUT2D eigenvalue weighted by molar-refractivity contribution is 0.298. The molecule has 0 aliphatic carbocycles. The first-order valence-electron chi connectivity index (χ1n) is 6.31. The summed E-state index contributed by atoms with van der Waals surface area (Å²) in [5, 5.41) is 0. The van der Waals surface area contributed by atoms with Crippen LogP contribution in [0.3, 0.4) is 0 Å². The number of benzene rings is 1. The van der Waals surface area contributed by atoms with Crippen LogP contribution in [0.4, 0.5) is 0 Å². The average molecular weight is 270 g/mol. The Kier molecular flexibility index (Phi) is 3.02. The molecular formula is C15H14N2O3. The van der Waals surface area contributed by atoms with Crippen LogP contribution in [0.5, 0.6) is 5.75 Å². The molecular weight excluding hydrogens is 256 g/mol. The van der Waals surface area contributed by atoms with Crippen molar-refractivity contribution in [2.45, 2.75) is 20.5 Å². The van der Waals surface area contributed by atoms with Crippen LogP contribution in [0.1, 0.15) is 17.0 Å². The second-order valence-corrected chi connectivity index (χ2v) is 4.69. The van der Waals surface area contributed by atoms with Crippen molar-refractivity contribution in [2.24, 2.45) is 0 Å². The Labute approximate surface area is 115 Å². The molecule has 0 fully saturated rings. The molecule has 20 heavy (non-hydrogen) atoms. The van der Waals surface area contributed by atoms with Gasteiger partial charge in [-0.05, 0) is 31.5 Å². The number of aryl methyl sites for hydroxylation is 2. The van der Waals surface area contributed by atoms with E-state index in [9.17, 15) is 4.79 Å². The lowest BCUT2D eigenvalue weighted by Crippen LogP contribution is -2.14. The van der Waals surface area contributed by atoms with Gasteiger partial charge in [0.25, 0.3) is 5.56 Å². The normalized spacial score (nSPS) is 10.9. The fourth-order valence-corrected chi connectivity index (χ4v) is 2.01. The van der Waals surface area contributed by atoms with E-state index in [2.05, 4.69) is 4.98 Å². The van der Waals surface area contributed by atoms with Crippen molar-refractivity contribution in [3.05, 3.63) is 63.8 Å². The summed E-state index contributed by atoms with van der Waals surface area (Å²) in [6.07, 6.45) is 0. The molecule has 0 radical (unpaired) electrons. The van der Waals surface area contributed by atoms with Crippen LogP contribution in [0.15, 0.2) is 45.7 Å². The zero-order valence-corrected chi connectivity index (χ0v) is 11.3. The summed E-state index contributed by atoms with van der Waals surface area (Å²) in [5.74, 6) is 1.40. The van der Waals surface area contributed by atoms with Gasteiger partial charge in [0, 0.05) is 12.1 Å². The Bertz CT molecular complexity index is 817. The van der Waals surface area contributed by atoms with Crippen molar-refractivity contribution in [1.29, 1.82) is 0 Å². The lowest BCUT2D eigenvalue weighted by Gasteiger charge is -2.06. The Morgan fingerprint density at radius 2 is 2.10 bits per heavy atom. The minimum Gasteiger partial charge on any atom is -0.487 e. The summed E-state index contributed by atoms with van der Waals surface area (Å²) in [7, 11) is 0. The van der Waals surface area contributed by atoms with Crippen molar-refractivity contribution < 1.29 is 9.26 Å². The molecule has 3 rings (SSSR count). The molecule has 5 heteroatoms. The van der Waals surface area contributed by atoms with E-state index in [1.807, 2.05) is 31.2 Å². The number of rotatable bonds is 3. The van der Waals surface area contributed by atoms with Gasteiger partial charge in [-0.3, -0.25) is 4.79 Å². The molecule has 2 aromatic heterocycles. The molecule has 0 N–H and O–H groups in total. The number of fused-ring (bicyclic) bond motifs is 1. The van der Waals surface area contributed by atoms with E-state index < -0.39 is 0 Å². The summed E-state index contributed by atoms with van der Waals surface area (Å²) >= 11 is 0. The first-order valence-corrected chi connectivity index (χ1v) is 6.31. The standard InChI is InChI=1S/C15H14N2O3/c1-10-4-3-5-13(6-10)19-9-12-8-15(18)17-14(16-12)7-11(2)20-17/h3-8H,9H2,1-2H3. The smallest absolute Gasteiger partial charge is 0.287 e. The average Bonchev–Trinajstić information content (AvgIpc) is 2.78. The van der Waals surface area contributed by atoms with Gasteiger partial charge in [0.2, 0.25) is 0 Å². The summed E-state index contributed by atoms with van der Waals surface area (Å²) in [6, 6.07) is 10.9. The Balaban J connectivity index is 1.86. The number of ether oxygens (including phenoxy) is 1. The molecule has 0 aliphatic heterocycles. The van der Waals surface area contributed by atoms with Crippen molar-refractivity contribution in [3.8, 4) is 5.75 Å². The predicted molar refractivity (Wildman–Crippen MR) is 74.0 cm³/mol. The van der Waals surface area contributed by atoms with Gasteiger partial charge in [-0.1, -0.05) is 12.1 Å². The van der Waals surface area contributed by atoms with Crippen LogP contribution in [-0.4, -0.2) is 9.56 Å². The first kappa shape index (κ1) is 12.5. The van der Waals surface area contributed by atoms with Crippen molar-refractivity contribution in [3.63, 3.8) is 0 Å². The zero-order chi connectivity index (χ0) is 14.1. The number of hydrogen-bond acceptors (Lipinski definition) is 4. The molecule has 3 aromatic rings. The minimum atomic E-state index is -0.244. The number of aromatic nitrogens is 2. The molecule has 0 unspecified atom stereocenters. The fourth-order valence-electron chi connectivity index (χ4n) is 2.01. The molecule has 0 aliphatic rings. The second-order valence-electron chi connectivity index (χ2n) is 4.69. The highest BCUT2D eigenvalue weighted by Crippen LogP contribution is 2.14. The third kappa shape index (κ3) is 2.42. The van der Waals surface area contributed by atoms with Gasteiger partial charge in [0.15, 0.2) is 5.65 Å². The van der Waals surface area contributed by atoms with E-state index in [1.54, 1.807) is 13.0 Å². The maximum absolute atomic E-state index is 11.9. The minimum absolute atomic E-state index is 0.244. The third-order valence-electron chi connectivity index (χ3n) is 2.90. The first-order chi connectivity index (χ1) is 9.61. The van der Waals surface area contributed by atoms with Crippen LogP contribution >= 0.6 is 0 Å². The topological polar surface area (TPSA) is 56.7 Å². The predicted octanol–water partition coefficient (Wildman–Crippen LogP) is 2.48. The van der Waals surface area contributed by atoms with E-state index in [-0.39, 0.29) is 12.2 Å². The molecule has 5 nitrogen and oxygen atoms in total. The Morgan fingerprint density at radius 1 is 1.25 bits per heavy atom. The van der Waals surface area contributed by atoms with Gasteiger partial charge in [-0.15, -0.1) is 4.57 Å². The summed E-state index contributed by atoms with van der Waals surface area (Å²) in [4.78, 5) is 16.2. The highest BCUT2D eigenvalue weighted by atomic mass is 16.5. The van der Waals surface area contributed by atoms with Gasteiger partial charge in [0.05, 0.1) is 5.69 Å². The lowest BCUT2D eigenvalue weighted by atomic mass is 10.2. The molecule has 0 amide bonds. The van der Waals surface area contributed by atoms with Crippen LogP contribution in [0.2, 0.25) is 0 Å². The van der Waals surface area contributed by atoms with Gasteiger partial charge in [-0.25, -0.2) is 4.98 Å². The molecule has 0 saturated carbocycles. The number of hydrogen-bond donors (Lipinski definition) is 0. The zero-order valence-electron chi connectivity index (χ0n) is 11.3. The van der Waals surface area contributed by atoms with Crippen LogP contribution in [0.25, 0.3) is 5.65 Å².